The average molecular weight is 381 g/mol. The van der Waals surface area contributed by atoms with E-state index in [1.165, 1.54) is 0 Å². The molecule has 2 heterocycles. The largest absolute Gasteiger partial charge is 0.497 e. The summed E-state index contributed by atoms with van der Waals surface area (Å²) in [7, 11) is 3.25. The van der Waals surface area contributed by atoms with Crippen LogP contribution in [0.5, 0.6) is 11.5 Å². The molecule has 1 fully saturated rings. The maximum absolute atomic E-state index is 10.9. The Morgan fingerprint density at radius 2 is 2.07 bits per heavy atom. The lowest BCUT2D eigenvalue weighted by Gasteiger charge is -2.33. The van der Waals surface area contributed by atoms with Gasteiger partial charge in [0.25, 0.3) is 0 Å². The third kappa shape index (κ3) is 3.84. The molecule has 2 N–H and O–H groups in total. The molecule has 6 nitrogen and oxygen atoms in total. The number of hydrogen-bond donors (Lipinski definition) is 2. The molecule has 1 aliphatic heterocycles. The Kier molecular flexibility index (Phi) is 5.50. The van der Waals surface area contributed by atoms with E-state index in [9.17, 15) is 5.11 Å². The number of fused-ring (bicyclic) bond motifs is 1. The number of rotatable bonds is 6. The van der Waals surface area contributed by atoms with Crippen LogP contribution in [0, 0.1) is 0 Å². The molecule has 4 rings (SSSR count). The Morgan fingerprint density at radius 1 is 1.21 bits per heavy atom. The average Bonchev–Trinajstić information content (AvgIpc) is 3.18. The number of aromatic nitrogens is 2. The molecular formula is C22H27N3O3. The number of hydrogen-bond acceptors (Lipinski definition) is 5. The molecule has 2 aromatic carbocycles. The Bertz CT molecular complexity index is 907. The number of ether oxygens (including phenoxy) is 2. The van der Waals surface area contributed by atoms with Crippen molar-refractivity contribution in [3.8, 4) is 11.5 Å². The van der Waals surface area contributed by atoms with Crippen molar-refractivity contribution in [1.29, 1.82) is 0 Å². The molecule has 148 valence electrons. The molecule has 6 heteroatoms. The lowest BCUT2D eigenvalue weighted by molar-refractivity contribution is 0.0926. The number of imidazole rings is 1. The summed E-state index contributed by atoms with van der Waals surface area (Å²) in [5.41, 5.74) is 2.85. The molecule has 0 bridgehead atoms. The molecule has 0 aliphatic carbocycles. The summed E-state index contributed by atoms with van der Waals surface area (Å²) in [6.07, 6.45) is 1.55. The first-order valence-electron chi connectivity index (χ1n) is 9.75. The zero-order chi connectivity index (χ0) is 19.5. The fraction of sp³-hybridized carbons (Fsp3) is 0.409. The van der Waals surface area contributed by atoms with Gasteiger partial charge in [-0.25, -0.2) is 4.98 Å². The third-order valence-corrected chi connectivity index (χ3v) is 5.53. The lowest BCUT2D eigenvalue weighted by atomic mass is 9.96. The molecule has 28 heavy (non-hydrogen) atoms. The molecule has 1 aromatic heterocycles. The van der Waals surface area contributed by atoms with E-state index in [0.29, 0.717) is 24.0 Å². The number of aliphatic hydroxyl groups excluding tert-OH is 1. The molecule has 0 amide bonds. The molecule has 0 spiro atoms. The van der Waals surface area contributed by atoms with Gasteiger partial charge < -0.3 is 19.6 Å². The lowest BCUT2D eigenvalue weighted by Crippen LogP contribution is -2.37. The number of para-hydroxylation sites is 2. The highest BCUT2D eigenvalue weighted by Gasteiger charge is 2.26. The molecule has 0 unspecified atom stereocenters. The number of methoxy groups -OCH3 is 2. The van der Waals surface area contributed by atoms with Crippen molar-refractivity contribution < 1.29 is 14.6 Å². The van der Waals surface area contributed by atoms with Gasteiger partial charge in [0.15, 0.2) is 0 Å². The van der Waals surface area contributed by atoms with Crippen molar-refractivity contribution in [2.45, 2.75) is 24.9 Å². The monoisotopic (exact) mass is 381 g/mol. The number of aliphatic hydroxyl groups is 1. The molecule has 1 saturated heterocycles. The number of aromatic amines is 1. The van der Waals surface area contributed by atoms with Gasteiger partial charge in [-0.15, -0.1) is 0 Å². The van der Waals surface area contributed by atoms with Gasteiger partial charge in [0.2, 0.25) is 0 Å². The topological polar surface area (TPSA) is 70.6 Å². The van der Waals surface area contributed by atoms with Gasteiger partial charge in [0, 0.05) is 24.6 Å². The number of likely N-dealkylation sites (tertiary alicyclic amines) is 1. The van der Waals surface area contributed by atoms with Crippen LogP contribution in [0.3, 0.4) is 0 Å². The summed E-state index contributed by atoms with van der Waals surface area (Å²) < 4.78 is 10.7. The van der Waals surface area contributed by atoms with Gasteiger partial charge in [0.05, 0.1) is 31.4 Å². The van der Waals surface area contributed by atoms with E-state index in [1.54, 1.807) is 14.2 Å². The Hall–Kier alpha value is -2.57. The van der Waals surface area contributed by atoms with E-state index in [2.05, 4.69) is 16.0 Å². The summed E-state index contributed by atoms with van der Waals surface area (Å²) in [6, 6.07) is 13.7. The van der Waals surface area contributed by atoms with Crippen LogP contribution >= 0.6 is 0 Å². The van der Waals surface area contributed by atoms with E-state index in [1.807, 2.05) is 36.4 Å². The quantitative estimate of drug-likeness (QED) is 0.684. The number of H-pyrrole nitrogens is 1. The van der Waals surface area contributed by atoms with E-state index >= 15 is 0 Å². The summed E-state index contributed by atoms with van der Waals surface area (Å²) in [5, 5.41) is 10.9. The van der Waals surface area contributed by atoms with E-state index < -0.39 is 6.10 Å². The molecular weight excluding hydrogens is 354 g/mol. The number of nitrogens with zero attached hydrogens (tertiary/aromatic N) is 2. The van der Waals surface area contributed by atoms with Crippen LogP contribution in [0.4, 0.5) is 0 Å². The minimum atomic E-state index is -0.639. The predicted octanol–water partition coefficient (Wildman–Crippen LogP) is 3.49. The normalized spacial score (nSPS) is 18.9. The number of β-amino-alcohol motifs (C(OH)–C–C–N with tert-alkyl or cyclic N) is 1. The third-order valence-electron chi connectivity index (χ3n) is 5.53. The van der Waals surface area contributed by atoms with Crippen molar-refractivity contribution in [2.24, 2.45) is 0 Å². The molecule has 0 saturated carbocycles. The van der Waals surface area contributed by atoms with Crippen LogP contribution in [0.25, 0.3) is 11.0 Å². The highest BCUT2D eigenvalue weighted by molar-refractivity contribution is 5.74. The van der Waals surface area contributed by atoms with Gasteiger partial charge in [-0.3, -0.25) is 4.90 Å². The molecule has 0 radical (unpaired) electrons. The standard InChI is InChI=1S/C22H27N3O3/c1-27-16-9-10-21(28-2)17(12-16)20(26)14-25-11-5-6-15(13-25)22-23-18-7-3-4-8-19(18)24-22/h3-4,7-10,12,15,20,26H,5-6,11,13-14H2,1-2H3,(H,23,24)/t15-,20-/m0/s1. The highest BCUT2D eigenvalue weighted by atomic mass is 16.5. The van der Waals surface area contributed by atoms with Crippen molar-refractivity contribution in [3.63, 3.8) is 0 Å². The summed E-state index contributed by atoms with van der Waals surface area (Å²) in [4.78, 5) is 10.6. The summed E-state index contributed by atoms with van der Waals surface area (Å²) in [6.45, 7) is 2.41. The molecule has 3 aromatic rings. The van der Waals surface area contributed by atoms with Gasteiger partial charge in [0.1, 0.15) is 17.3 Å². The zero-order valence-corrected chi connectivity index (χ0v) is 16.4. The maximum atomic E-state index is 10.9. The second-order valence-corrected chi connectivity index (χ2v) is 7.36. The van der Waals surface area contributed by atoms with Gasteiger partial charge in [-0.2, -0.15) is 0 Å². The molecule has 2 atom stereocenters. The number of benzene rings is 2. The summed E-state index contributed by atoms with van der Waals surface area (Å²) in [5.74, 6) is 2.78. The summed E-state index contributed by atoms with van der Waals surface area (Å²) >= 11 is 0. The minimum Gasteiger partial charge on any atom is -0.497 e. The fourth-order valence-corrected chi connectivity index (χ4v) is 4.05. The van der Waals surface area contributed by atoms with Crippen molar-refractivity contribution in [2.75, 3.05) is 33.9 Å². The van der Waals surface area contributed by atoms with Crippen LogP contribution in [-0.2, 0) is 0 Å². The second kappa shape index (κ2) is 8.20. The SMILES string of the molecule is COc1ccc(OC)c([C@@H](O)CN2CCC[C@H](c3nc4ccccc4[nH]3)C2)c1. The first-order valence-corrected chi connectivity index (χ1v) is 9.75. The van der Waals surface area contributed by atoms with Gasteiger partial charge in [-0.05, 0) is 49.7 Å². The van der Waals surface area contributed by atoms with E-state index in [4.69, 9.17) is 14.5 Å². The van der Waals surface area contributed by atoms with Crippen LogP contribution in [-0.4, -0.2) is 53.8 Å². The smallest absolute Gasteiger partial charge is 0.124 e. The van der Waals surface area contributed by atoms with Crippen molar-refractivity contribution >= 4 is 11.0 Å². The van der Waals surface area contributed by atoms with Crippen LogP contribution < -0.4 is 9.47 Å². The first-order chi connectivity index (χ1) is 13.7. The zero-order valence-electron chi connectivity index (χ0n) is 16.4. The second-order valence-electron chi connectivity index (χ2n) is 7.36. The number of piperidine rings is 1. The maximum Gasteiger partial charge on any atom is 0.124 e. The predicted molar refractivity (Wildman–Crippen MR) is 109 cm³/mol. The highest BCUT2D eigenvalue weighted by Crippen LogP contribution is 2.32. The fourth-order valence-electron chi connectivity index (χ4n) is 4.05. The van der Waals surface area contributed by atoms with Crippen LogP contribution in [0.15, 0.2) is 42.5 Å². The number of nitrogens with one attached hydrogen (secondary N) is 1. The molecule has 1 aliphatic rings. The van der Waals surface area contributed by atoms with Crippen molar-refractivity contribution in [3.05, 3.63) is 53.9 Å². The minimum absolute atomic E-state index is 0.348. The Balaban J connectivity index is 1.47. The van der Waals surface area contributed by atoms with Gasteiger partial charge >= 0.3 is 0 Å². The van der Waals surface area contributed by atoms with Crippen LogP contribution in [0.2, 0.25) is 0 Å². The van der Waals surface area contributed by atoms with E-state index in [-0.39, 0.29) is 0 Å². The first kappa shape index (κ1) is 18.8. The van der Waals surface area contributed by atoms with Gasteiger partial charge in [-0.1, -0.05) is 12.1 Å². The Labute approximate surface area is 165 Å². The Morgan fingerprint density at radius 3 is 2.86 bits per heavy atom. The van der Waals surface area contributed by atoms with Crippen molar-refractivity contribution in [1.82, 2.24) is 14.9 Å². The van der Waals surface area contributed by atoms with E-state index in [0.717, 1.165) is 48.4 Å². The van der Waals surface area contributed by atoms with Crippen LogP contribution in [0.1, 0.15) is 36.3 Å².